The first-order valence-electron chi connectivity index (χ1n) is 18.9. The molecule has 4 fully saturated rings. The normalized spacial score (nSPS) is 39.5. The van der Waals surface area contributed by atoms with Crippen LogP contribution in [0.25, 0.3) is 11.0 Å². The molecule has 8 nitrogen and oxygen atoms in total. The fourth-order valence-electron chi connectivity index (χ4n) is 12.6. The summed E-state index contributed by atoms with van der Waals surface area (Å²) in [5.74, 6) is 1.17. The number of fused-ring (bicyclic) bond motifs is 2. The topological polar surface area (TPSA) is 108 Å². The number of ether oxygens (including phenoxy) is 1. The van der Waals surface area contributed by atoms with Crippen molar-refractivity contribution in [2.75, 3.05) is 26.7 Å². The molecular formula is C42H51N3O5. The van der Waals surface area contributed by atoms with Crippen molar-refractivity contribution >= 4 is 16.8 Å². The summed E-state index contributed by atoms with van der Waals surface area (Å²) in [6.07, 6.45) is 14.2. The molecule has 8 heteroatoms. The van der Waals surface area contributed by atoms with Crippen LogP contribution < -0.4 is 10.4 Å². The minimum Gasteiger partial charge on any atom is -0.497 e. The Morgan fingerprint density at radius 1 is 0.920 bits per heavy atom. The van der Waals surface area contributed by atoms with Crippen LogP contribution in [0, 0.1) is 33.5 Å². The van der Waals surface area contributed by atoms with Gasteiger partial charge in [-0.1, -0.05) is 44.2 Å². The van der Waals surface area contributed by atoms with Gasteiger partial charge in [0.15, 0.2) is 5.78 Å². The van der Waals surface area contributed by atoms with Crippen molar-refractivity contribution in [1.29, 1.82) is 0 Å². The molecular weight excluding hydrogens is 626 g/mol. The standard InChI is InChI=1S/C42H51N3O5/c1-38-17-12-29(46)24-40(38)20-21-42(31(25-40)36(47)27-8-10-30(50-3)11-9-27)34(38)13-18-39(2)35(42)14-19-41(39,49)26-44-22-15-28(16-23-44)45-33-7-5-4-6-32(33)43-37(45)48/h4-11,20-21,25,28-29,34-35,46,49H,12-19,22-24,26H2,1-3H3,(H,43,48). The molecule has 2 heterocycles. The Balaban J connectivity index is 1.04. The number of allylic oxidation sites excluding steroid dienone is 4. The van der Waals surface area contributed by atoms with Crippen molar-refractivity contribution in [3.05, 3.63) is 88.4 Å². The van der Waals surface area contributed by atoms with Gasteiger partial charge in [-0.05, 0) is 111 Å². The highest BCUT2D eigenvalue weighted by Crippen LogP contribution is 2.78. The zero-order chi connectivity index (χ0) is 34.7. The number of aliphatic hydroxyl groups is 2. The van der Waals surface area contributed by atoms with Crippen molar-refractivity contribution in [2.24, 2.45) is 33.5 Å². The number of carbonyl (C=O) groups is 1. The number of piperidine rings is 1. The number of likely N-dealkylation sites (tertiary alicyclic amines) is 1. The number of aliphatic hydroxyl groups excluding tert-OH is 1. The molecule has 3 aromatic rings. The van der Waals surface area contributed by atoms with E-state index in [4.69, 9.17) is 4.74 Å². The molecule has 2 bridgehead atoms. The molecule has 3 saturated carbocycles. The molecule has 10 rings (SSSR count). The van der Waals surface area contributed by atoms with Gasteiger partial charge >= 0.3 is 5.69 Å². The number of nitrogens with zero attached hydrogens (tertiary/aromatic N) is 2. The number of carbonyl (C=O) groups excluding carboxylic acids is 1. The Morgan fingerprint density at radius 3 is 2.38 bits per heavy atom. The number of Topliss-reactive ketones (excluding diaryl/α,β-unsaturated/α-hetero) is 1. The third-order valence-corrected chi connectivity index (χ3v) is 15.3. The molecule has 0 radical (unpaired) electrons. The van der Waals surface area contributed by atoms with Gasteiger partial charge in [-0.25, -0.2) is 4.79 Å². The average Bonchev–Trinajstić information content (AvgIpc) is 3.60. The fourth-order valence-corrected chi connectivity index (χ4v) is 12.6. The van der Waals surface area contributed by atoms with Gasteiger partial charge in [-0.3, -0.25) is 9.36 Å². The third kappa shape index (κ3) is 4.21. The number of ketones is 1. The number of nitrogens with one attached hydrogen (secondary N) is 1. The summed E-state index contributed by atoms with van der Waals surface area (Å²) < 4.78 is 7.35. The molecule has 2 spiro atoms. The zero-order valence-electron chi connectivity index (χ0n) is 29.7. The van der Waals surface area contributed by atoms with E-state index in [-0.39, 0.29) is 51.7 Å². The summed E-state index contributed by atoms with van der Waals surface area (Å²) in [6.45, 7) is 7.02. The number of aromatic amines is 1. The second kappa shape index (κ2) is 11.0. The maximum atomic E-state index is 14.8. The predicted molar refractivity (Wildman–Crippen MR) is 193 cm³/mol. The van der Waals surface area contributed by atoms with Crippen LogP contribution >= 0.6 is 0 Å². The average molecular weight is 678 g/mol. The van der Waals surface area contributed by atoms with Gasteiger partial charge in [0.2, 0.25) is 0 Å². The van der Waals surface area contributed by atoms with E-state index in [9.17, 15) is 19.8 Å². The van der Waals surface area contributed by atoms with E-state index in [0.717, 1.165) is 80.4 Å². The molecule has 264 valence electrons. The molecule has 7 aliphatic rings. The summed E-state index contributed by atoms with van der Waals surface area (Å²) in [6, 6.07) is 15.5. The van der Waals surface area contributed by atoms with E-state index in [1.54, 1.807) is 7.11 Å². The maximum absolute atomic E-state index is 14.8. The number of imidazole rings is 1. The number of H-pyrrole nitrogens is 1. The fraction of sp³-hybridized carbons (Fsp3) is 0.571. The second-order valence-corrected chi connectivity index (χ2v) is 17.2. The van der Waals surface area contributed by atoms with Gasteiger partial charge < -0.3 is 24.8 Å². The van der Waals surface area contributed by atoms with Crippen molar-refractivity contribution < 1.29 is 19.7 Å². The van der Waals surface area contributed by atoms with Gasteiger partial charge in [0.05, 0.1) is 29.8 Å². The maximum Gasteiger partial charge on any atom is 0.326 e. The number of hydrogen-bond acceptors (Lipinski definition) is 6. The first-order valence-corrected chi connectivity index (χ1v) is 18.9. The summed E-state index contributed by atoms with van der Waals surface area (Å²) in [7, 11) is 1.64. The van der Waals surface area contributed by atoms with E-state index in [1.165, 1.54) is 0 Å². The van der Waals surface area contributed by atoms with Crippen LogP contribution in [-0.4, -0.2) is 68.9 Å². The molecule has 6 aliphatic carbocycles. The van der Waals surface area contributed by atoms with Gasteiger partial charge in [0.25, 0.3) is 0 Å². The van der Waals surface area contributed by atoms with E-state index >= 15 is 0 Å². The molecule has 1 saturated heterocycles. The Labute approximate surface area is 294 Å². The highest BCUT2D eigenvalue weighted by molar-refractivity contribution is 6.10. The number of methoxy groups -OCH3 is 1. The number of rotatable bonds is 6. The number of β-amino-alcohol motifs (C(OH)–C–C–N with tert-alkyl or cyclic N) is 1. The molecule has 1 aliphatic heterocycles. The van der Waals surface area contributed by atoms with Crippen LogP contribution in [0.1, 0.15) is 88.0 Å². The lowest BCUT2D eigenvalue weighted by molar-refractivity contribution is -0.176. The highest BCUT2D eigenvalue weighted by Gasteiger charge is 2.74. The van der Waals surface area contributed by atoms with Crippen LogP contribution in [0.3, 0.4) is 0 Å². The monoisotopic (exact) mass is 677 g/mol. The van der Waals surface area contributed by atoms with E-state index < -0.39 is 11.0 Å². The number of benzene rings is 2. The highest BCUT2D eigenvalue weighted by atomic mass is 16.5. The van der Waals surface area contributed by atoms with Crippen LogP contribution in [0.2, 0.25) is 0 Å². The smallest absolute Gasteiger partial charge is 0.326 e. The minimum absolute atomic E-state index is 0.0447. The van der Waals surface area contributed by atoms with Crippen LogP contribution in [0.5, 0.6) is 5.75 Å². The number of aromatic nitrogens is 2. The molecule has 8 unspecified atom stereocenters. The molecule has 1 aromatic heterocycles. The lowest BCUT2D eigenvalue weighted by atomic mass is 9.32. The van der Waals surface area contributed by atoms with Crippen molar-refractivity contribution in [3.63, 3.8) is 0 Å². The Morgan fingerprint density at radius 2 is 1.62 bits per heavy atom. The summed E-state index contributed by atoms with van der Waals surface area (Å²) in [4.78, 5) is 33.2. The minimum atomic E-state index is -0.889. The lowest BCUT2D eigenvalue weighted by Crippen LogP contribution is -2.67. The molecule has 0 amide bonds. The molecule has 3 N–H and O–H groups in total. The van der Waals surface area contributed by atoms with E-state index in [0.29, 0.717) is 24.9 Å². The van der Waals surface area contributed by atoms with E-state index in [2.05, 4.69) is 42.0 Å². The molecule has 2 aromatic carbocycles. The third-order valence-electron chi connectivity index (χ3n) is 15.3. The number of hydrogen-bond donors (Lipinski definition) is 3. The first kappa shape index (κ1) is 32.4. The van der Waals surface area contributed by atoms with Gasteiger partial charge in [-0.2, -0.15) is 0 Å². The van der Waals surface area contributed by atoms with Gasteiger partial charge in [0, 0.05) is 53.1 Å². The summed E-state index contributed by atoms with van der Waals surface area (Å²) >= 11 is 0. The second-order valence-electron chi connectivity index (χ2n) is 17.2. The van der Waals surface area contributed by atoms with Crippen LogP contribution in [-0.2, 0) is 0 Å². The van der Waals surface area contributed by atoms with Crippen molar-refractivity contribution in [3.8, 4) is 5.75 Å². The lowest BCUT2D eigenvalue weighted by Gasteiger charge is -2.71. The summed E-state index contributed by atoms with van der Waals surface area (Å²) in [5, 5.41) is 23.9. The summed E-state index contributed by atoms with van der Waals surface area (Å²) in [5.41, 5.74) is 1.19. The Hall–Kier alpha value is -3.46. The van der Waals surface area contributed by atoms with Crippen LogP contribution in [0.4, 0.5) is 0 Å². The predicted octanol–water partition coefficient (Wildman–Crippen LogP) is 6.45. The largest absolute Gasteiger partial charge is 0.497 e. The van der Waals surface area contributed by atoms with Crippen molar-refractivity contribution in [2.45, 2.75) is 89.4 Å². The zero-order valence-corrected chi connectivity index (χ0v) is 29.7. The van der Waals surface area contributed by atoms with Gasteiger partial charge in [-0.15, -0.1) is 0 Å². The SMILES string of the molecule is COc1ccc(C(=O)C2=CC34C=CC25C(CCC2(C)C5CCC2(O)CN2CCC(n5c(=O)[nH]c6ccccc65)CC2)C3(C)CCC(O)C4)cc1. The van der Waals surface area contributed by atoms with Crippen molar-refractivity contribution in [1.82, 2.24) is 14.5 Å². The first-order chi connectivity index (χ1) is 24.0. The molecule has 50 heavy (non-hydrogen) atoms. The van der Waals surface area contributed by atoms with Gasteiger partial charge in [0.1, 0.15) is 5.75 Å². The van der Waals surface area contributed by atoms with E-state index in [1.807, 2.05) is 53.1 Å². The Bertz CT molecular complexity index is 1970. The number of para-hydroxylation sites is 2. The van der Waals surface area contributed by atoms with Crippen LogP contribution in [0.15, 0.2) is 77.1 Å². The quantitative estimate of drug-likeness (QED) is 0.205. The Kier molecular flexibility index (Phi) is 7.15. The molecule has 8 atom stereocenters.